The Bertz CT molecular complexity index is 448. The number of carboxylic acids is 1. The van der Waals surface area contributed by atoms with Gasteiger partial charge in [0.1, 0.15) is 5.82 Å². The molecule has 0 aromatic heterocycles. The number of hydrogen-bond acceptors (Lipinski definition) is 3. The van der Waals surface area contributed by atoms with Crippen molar-refractivity contribution in [1.82, 2.24) is 5.32 Å². The summed E-state index contributed by atoms with van der Waals surface area (Å²) in [5.41, 5.74) is 6.31. The zero-order valence-corrected chi connectivity index (χ0v) is 10.6. The van der Waals surface area contributed by atoms with Crippen LogP contribution in [0.25, 0.3) is 0 Å². The summed E-state index contributed by atoms with van der Waals surface area (Å²) in [6.45, 7) is 1.77. The van der Waals surface area contributed by atoms with Gasteiger partial charge in [0.2, 0.25) is 5.91 Å². The number of nitrogens with two attached hydrogens (primary N) is 1. The van der Waals surface area contributed by atoms with Crippen LogP contribution in [0.4, 0.5) is 4.39 Å². The van der Waals surface area contributed by atoms with E-state index in [-0.39, 0.29) is 11.9 Å². The number of aliphatic carboxylic acids is 1. The van der Waals surface area contributed by atoms with Crippen LogP contribution >= 0.6 is 0 Å². The Hall–Kier alpha value is -1.95. The number of carboxylic acid groups (broad SMARTS) is 1. The molecule has 0 saturated carbocycles. The van der Waals surface area contributed by atoms with Crippen LogP contribution in [-0.2, 0) is 16.0 Å². The number of rotatable bonds is 6. The van der Waals surface area contributed by atoms with Gasteiger partial charge in [-0.1, -0.05) is 12.1 Å². The molecule has 2 atom stereocenters. The molecule has 1 aromatic rings. The Morgan fingerprint density at radius 3 is 2.47 bits per heavy atom. The summed E-state index contributed by atoms with van der Waals surface area (Å²) in [5.74, 6) is -1.94. The molecule has 19 heavy (non-hydrogen) atoms. The number of carbonyl (C=O) groups excluding carboxylic acids is 1. The van der Waals surface area contributed by atoms with Gasteiger partial charge in [-0.05, 0) is 31.0 Å². The number of halogens is 1. The van der Waals surface area contributed by atoms with Crippen molar-refractivity contribution in [2.24, 2.45) is 5.73 Å². The van der Waals surface area contributed by atoms with E-state index in [1.165, 1.54) is 12.1 Å². The number of benzene rings is 1. The highest BCUT2D eigenvalue weighted by atomic mass is 19.1. The van der Waals surface area contributed by atoms with E-state index < -0.39 is 24.3 Å². The number of carbonyl (C=O) groups is 2. The quantitative estimate of drug-likeness (QED) is 0.707. The third-order valence-electron chi connectivity index (χ3n) is 2.58. The second-order valence-electron chi connectivity index (χ2n) is 4.44. The smallest absolute Gasteiger partial charge is 0.305 e. The molecule has 5 nitrogen and oxygen atoms in total. The molecule has 0 fully saturated rings. The van der Waals surface area contributed by atoms with E-state index in [2.05, 4.69) is 5.32 Å². The Kier molecular flexibility index (Phi) is 5.44. The molecule has 0 aliphatic carbocycles. The molecule has 0 aliphatic heterocycles. The van der Waals surface area contributed by atoms with E-state index in [0.717, 1.165) is 5.56 Å². The maximum Gasteiger partial charge on any atom is 0.305 e. The zero-order chi connectivity index (χ0) is 14.4. The van der Waals surface area contributed by atoms with Crippen LogP contribution in [0.1, 0.15) is 18.9 Å². The summed E-state index contributed by atoms with van der Waals surface area (Å²) >= 11 is 0. The van der Waals surface area contributed by atoms with Gasteiger partial charge in [-0.3, -0.25) is 9.59 Å². The van der Waals surface area contributed by atoms with Gasteiger partial charge < -0.3 is 16.2 Å². The summed E-state index contributed by atoms with van der Waals surface area (Å²) < 4.78 is 12.7. The fourth-order valence-corrected chi connectivity index (χ4v) is 1.66. The summed E-state index contributed by atoms with van der Waals surface area (Å²) in [6.07, 6.45) is 0.112. The predicted molar refractivity (Wildman–Crippen MR) is 67.9 cm³/mol. The molecule has 1 rings (SSSR count). The van der Waals surface area contributed by atoms with Crippen molar-refractivity contribution < 1.29 is 19.1 Å². The first kappa shape index (κ1) is 15.1. The van der Waals surface area contributed by atoms with E-state index in [4.69, 9.17) is 10.8 Å². The van der Waals surface area contributed by atoms with Crippen LogP contribution < -0.4 is 11.1 Å². The van der Waals surface area contributed by atoms with Gasteiger partial charge in [-0.2, -0.15) is 0 Å². The highest BCUT2D eigenvalue weighted by molar-refractivity contribution is 5.86. The van der Waals surface area contributed by atoms with Gasteiger partial charge in [0.25, 0.3) is 0 Å². The summed E-state index contributed by atoms with van der Waals surface area (Å²) in [7, 11) is 0. The van der Waals surface area contributed by atoms with E-state index in [1.807, 2.05) is 0 Å². The van der Waals surface area contributed by atoms with Crippen molar-refractivity contribution in [3.8, 4) is 0 Å². The minimum absolute atomic E-state index is 0.210. The van der Waals surface area contributed by atoms with Gasteiger partial charge in [-0.25, -0.2) is 4.39 Å². The lowest BCUT2D eigenvalue weighted by Gasteiger charge is -2.16. The number of nitrogens with one attached hydrogen (secondary N) is 1. The van der Waals surface area contributed by atoms with Gasteiger partial charge in [-0.15, -0.1) is 0 Å². The van der Waals surface area contributed by atoms with Crippen molar-refractivity contribution in [2.45, 2.75) is 31.8 Å². The maximum atomic E-state index is 12.7. The lowest BCUT2D eigenvalue weighted by Crippen LogP contribution is -2.46. The third-order valence-corrected chi connectivity index (χ3v) is 2.58. The minimum Gasteiger partial charge on any atom is -0.481 e. The topological polar surface area (TPSA) is 92.4 Å². The first-order valence-corrected chi connectivity index (χ1v) is 5.90. The number of amides is 1. The summed E-state index contributed by atoms with van der Waals surface area (Å²) in [4.78, 5) is 22.0. The Morgan fingerprint density at radius 1 is 1.37 bits per heavy atom. The zero-order valence-electron chi connectivity index (χ0n) is 10.6. The van der Waals surface area contributed by atoms with Gasteiger partial charge in [0.05, 0.1) is 12.5 Å². The number of hydrogen-bond donors (Lipinski definition) is 3. The van der Waals surface area contributed by atoms with E-state index in [0.29, 0.717) is 6.42 Å². The van der Waals surface area contributed by atoms with Gasteiger partial charge in [0, 0.05) is 6.04 Å². The second kappa shape index (κ2) is 6.84. The summed E-state index contributed by atoms with van der Waals surface area (Å²) in [5, 5.41) is 11.2. The van der Waals surface area contributed by atoms with Crippen LogP contribution in [0.2, 0.25) is 0 Å². The van der Waals surface area contributed by atoms with Gasteiger partial charge >= 0.3 is 5.97 Å². The molecule has 0 saturated heterocycles. The predicted octanol–water partition coefficient (Wildman–Crippen LogP) is 0.675. The third kappa shape index (κ3) is 5.48. The molecule has 0 heterocycles. The molecule has 0 spiro atoms. The molecule has 0 aliphatic rings. The minimum atomic E-state index is -1.12. The average molecular weight is 268 g/mol. The Balaban J connectivity index is 2.46. The highest BCUT2D eigenvalue weighted by Crippen LogP contribution is 2.06. The SMILES string of the molecule is C[C@@H](Cc1ccc(F)cc1)NC(=O)[C@H](N)CC(=O)O. The van der Waals surface area contributed by atoms with Crippen molar-refractivity contribution in [3.63, 3.8) is 0 Å². The molecule has 4 N–H and O–H groups in total. The second-order valence-corrected chi connectivity index (χ2v) is 4.44. The molecule has 1 aromatic carbocycles. The molecule has 0 bridgehead atoms. The first-order chi connectivity index (χ1) is 8.88. The largest absolute Gasteiger partial charge is 0.481 e. The highest BCUT2D eigenvalue weighted by Gasteiger charge is 2.18. The van der Waals surface area contributed by atoms with Crippen LogP contribution in [-0.4, -0.2) is 29.1 Å². The molecular weight excluding hydrogens is 251 g/mol. The fourth-order valence-electron chi connectivity index (χ4n) is 1.66. The Labute approximate surface area is 110 Å². The van der Waals surface area contributed by atoms with Crippen LogP contribution in [0.5, 0.6) is 0 Å². The van der Waals surface area contributed by atoms with Crippen molar-refractivity contribution in [1.29, 1.82) is 0 Å². The van der Waals surface area contributed by atoms with Crippen molar-refractivity contribution in [3.05, 3.63) is 35.6 Å². The van der Waals surface area contributed by atoms with E-state index in [9.17, 15) is 14.0 Å². The van der Waals surface area contributed by atoms with E-state index >= 15 is 0 Å². The average Bonchev–Trinajstić information content (AvgIpc) is 2.31. The molecule has 1 amide bonds. The summed E-state index contributed by atoms with van der Waals surface area (Å²) in [6, 6.07) is 4.69. The van der Waals surface area contributed by atoms with Gasteiger partial charge in [0.15, 0.2) is 0 Å². The van der Waals surface area contributed by atoms with Crippen LogP contribution in [0.15, 0.2) is 24.3 Å². The van der Waals surface area contributed by atoms with E-state index in [1.54, 1.807) is 19.1 Å². The Morgan fingerprint density at radius 2 is 1.95 bits per heavy atom. The lowest BCUT2D eigenvalue weighted by atomic mass is 10.1. The lowest BCUT2D eigenvalue weighted by molar-refractivity contribution is -0.139. The molecule has 0 radical (unpaired) electrons. The van der Waals surface area contributed by atoms with Crippen molar-refractivity contribution in [2.75, 3.05) is 0 Å². The molecule has 6 heteroatoms. The fraction of sp³-hybridized carbons (Fsp3) is 0.385. The standard InChI is InChI=1S/C13H17FN2O3/c1-8(6-9-2-4-10(14)5-3-9)16-13(19)11(15)7-12(17)18/h2-5,8,11H,6-7,15H2,1H3,(H,16,19)(H,17,18)/t8-,11+/m0/s1. The van der Waals surface area contributed by atoms with Crippen LogP contribution in [0, 0.1) is 5.82 Å². The van der Waals surface area contributed by atoms with Crippen LogP contribution in [0.3, 0.4) is 0 Å². The maximum absolute atomic E-state index is 12.7. The normalized spacial score (nSPS) is 13.6. The monoisotopic (exact) mass is 268 g/mol. The van der Waals surface area contributed by atoms with Crippen molar-refractivity contribution >= 4 is 11.9 Å². The molecule has 104 valence electrons. The molecule has 0 unspecified atom stereocenters. The molecular formula is C13H17FN2O3. The first-order valence-electron chi connectivity index (χ1n) is 5.90.